The summed E-state index contributed by atoms with van der Waals surface area (Å²) >= 11 is 0. The fraction of sp³-hybridized carbons (Fsp3) is 0.316. The lowest BCUT2D eigenvalue weighted by Gasteiger charge is -2.27. The highest BCUT2D eigenvalue weighted by molar-refractivity contribution is 7.88. The highest BCUT2D eigenvalue weighted by Gasteiger charge is 2.18. The van der Waals surface area contributed by atoms with Crippen molar-refractivity contribution in [1.82, 2.24) is 14.9 Å². The van der Waals surface area contributed by atoms with Crippen LogP contribution in [-0.4, -0.2) is 51.8 Å². The lowest BCUT2D eigenvalue weighted by molar-refractivity contribution is 0.203. The van der Waals surface area contributed by atoms with Gasteiger partial charge in [-0.2, -0.15) is 0 Å². The minimum Gasteiger partial charge on any atom is -0.337 e. The second-order valence-corrected chi connectivity index (χ2v) is 8.18. The van der Waals surface area contributed by atoms with E-state index in [-0.39, 0.29) is 19.1 Å². The molecule has 1 aliphatic heterocycles. The molecule has 2 aromatic carbocycles. The van der Waals surface area contributed by atoms with E-state index in [4.69, 9.17) is 0 Å². The molecule has 2 aromatic rings. The number of benzene rings is 2. The molecule has 1 heterocycles. The van der Waals surface area contributed by atoms with Crippen molar-refractivity contribution < 1.29 is 13.2 Å². The number of fused-ring (bicyclic) bond motifs is 1. The minimum atomic E-state index is -3.23. The van der Waals surface area contributed by atoms with Crippen LogP contribution in [0.1, 0.15) is 12.0 Å². The lowest BCUT2D eigenvalue weighted by atomic mass is 9.94. The summed E-state index contributed by atoms with van der Waals surface area (Å²) in [6.45, 7) is 1.64. The van der Waals surface area contributed by atoms with Gasteiger partial charge in [-0.1, -0.05) is 48.5 Å². The normalized spacial score (nSPS) is 15.0. The van der Waals surface area contributed by atoms with Crippen molar-refractivity contribution in [3.05, 3.63) is 54.1 Å². The first kappa shape index (κ1) is 18.4. The molecule has 26 heavy (non-hydrogen) atoms. The summed E-state index contributed by atoms with van der Waals surface area (Å²) in [5.74, 6) is 0. The Morgan fingerprint density at radius 1 is 1.12 bits per heavy atom. The summed E-state index contributed by atoms with van der Waals surface area (Å²) in [6, 6.07) is 14.4. The number of carbonyl (C=O) groups excluding carboxylic acids is 1. The van der Waals surface area contributed by atoms with Crippen molar-refractivity contribution in [2.24, 2.45) is 0 Å². The number of hydrogen-bond donors (Lipinski definition) is 2. The van der Waals surface area contributed by atoms with E-state index in [1.54, 1.807) is 4.90 Å². The van der Waals surface area contributed by atoms with Crippen molar-refractivity contribution in [3.63, 3.8) is 0 Å². The number of nitrogens with one attached hydrogen (secondary N) is 2. The van der Waals surface area contributed by atoms with Gasteiger partial charge in [0.2, 0.25) is 10.0 Å². The average Bonchev–Trinajstić information content (AvgIpc) is 2.64. The van der Waals surface area contributed by atoms with E-state index < -0.39 is 10.0 Å². The summed E-state index contributed by atoms with van der Waals surface area (Å²) in [4.78, 5) is 13.9. The first-order valence-electron chi connectivity index (χ1n) is 8.58. The Kier molecular flexibility index (Phi) is 5.58. The molecule has 0 radical (unpaired) electrons. The predicted octanol–water partition coefficient (Wildman–Crippen LogP) is 2.19. The first-order valence-corrected chi connectivity index (χ1v) is 10.5. The molecule has 0 saturated carbocycles. The molecule has 6 nitrogen and oxygen atoms in total. The van der Waals surface area contributed by atoms with Crippen LogP contribution in [0.25, 0.3) is 16.3 Å². The van der Waals surface area contributed by atoms with E-state index in [1.165, 1.54) is 21.9 Å². The van der Waals surface area contributed by atoms with Crippen LogP contribution < -0.4 is 10.0 Å². The fourth-order valence-corrected chi connectivity index (χ4v) is 3.59. The van der Waals surface area contributed by atoms with Crippen molar-refractivity contribution >= 4 is 32.4 Å². The van der Waals surface area contributed by atoms with Gasteiger partial charge in [0, 0.05) is 26.2 Å². The molecule has 0 bridgehead atoms. The monoisotopic (exact) mass is 373 g/mol. The summed E-state index contributed by atoms with van der Waals surface area (Å²) in [6.07, 6.45) is 3.99. The number of nitrogens with zero attached hydrogens (tertiary/aromatic N) is 1. The predicted molar refractivity (Wildman–Crippen MR) is 104 cm³/mol. The Morgan fingerprint density at radius 2 is 1.88 bits per heavy atom. The van der Waals surface area contributed by atoms with Crippen LogP contribution in [0.5, 0.6) is 0 Å². The van der Waals surface area contributed by atoms with E-state index in [0.29, 0.717) is 13.1 Å². The maximum Gasteiger partial charge on any atom is 0.317 e. The molecule has 0 saturated heterocycles. The molecule has 2 N–H and O–H groups in total. The van der Waals surface area contributed by atoms with Gasteiger partial charge in [0.1, 0.15) is 0 Å². The molecule has 7 heteroatoms. The number of carbonyl (C=O) groups is 1. The van der Waals surface area contributed by atoms with Gasteiger partial charge in [0.15, 0.2) is 0 Å². The van der Waals surface area contributed by atoms with Crippen molar-refractivity contribution in [3.8, 4) is 0 Å². The average molecular weight is 373 g/mol. The van der Waals surface area contributed by atoms with Gasteiger partial charge >= 0.3 is 6.03 Å². The third kappa shape index (κ3) is 4.62. The standard InChI is InChI=1S/C19H23N3O3S/c1-26(24,25)21-12-11-20-19(23)22-13-9-16(10-14-22)18-8-4-6-15-5-2-3-7-17(15)18/h2-9,21H,10-14H2,1H3,(H,20,23). The molecule has 0 unspecified atom stereocenters. The third-order valence-electron chi connectivity index (χ3n) is 4.40. The molecule has 138 valence electrons. The van der Waals surface area contributed by atoms with E-state index in [2.05, 4.69) is 46.4 Å². The second-order valence-electron chi connectivity index (χ2n) is 6.35. The van der Waals surface area contributed by atoms with Crippen molar-refractivity contribution in [2.75, 3.05) is 32.4 Å². The third-order valence-corrected chi connectivity index (χ3v) is 5.13. The summed E-state index contributed by atoms with van der Waals surface area (Å²) in [5, 5.41) is 5.18. The topological polar surface area (TPSA) is 78.5 Å². The Bertz CT molecular complexity index is 933. The number of rotatable bonds is 5. The van der Waals surface area contributed by atoms with E-state index in [0.717, 1.165) is 12.7 Å². The lowest BCUT2D eigenvalue weighted by Crippen LogP contribution is -2.44. The van der Waals surface area contributed by atoms with Crippen LogP contribution in [0.15, 0.2) is 48.5 Å². The van der Waals surface area contributed by atoms with Gasteiger partial charge in [-0.25, -0.2) is 17.9 Å². The van der Waals surface area contributed by atoms with Gasteiger partial charge < -0.3 is 10.2 Å². The minimum absolute atomic E-state index is 0.173. The molecule has 1 aliphatic rings. The zero-order valence-corrected chi connectivity index (χ0v) is 15.6. The zero-order valence-electron chi connectivity index (χ0n) is 14.7. The molecule has 3 rings (SSSR count). The van der Waals surface area contributed by atoms with Crippen LogP contribution in [0.3, 0.4) is 0 Å². The first-order chi connectivity index (χ1) is 12.4. The SMILES string of the molecule is CS(=O)(=O)NCCNC(=O)N1CC=C(c2cccc3ccccc23)CC1. The van der Waals surface area contributed by atoms with Crippen LogP contribution in [0.2, 0.25) is 0 Å². The summed E-state index contributed by atoms with van der Waals surface area (Å²) in [5.41, 5.74) is 2.48. The Hall–Kier alpha value is -2.38. The number of amides is 2. The number of sulfonamides is 1. The zero-order chi connectivity index (χ0) is 18.6. The second kappa shape index (κ2) is 7.88. The van der Waals surface area contributed by atoms with Gasteiger partial charge in [0.05, 0.1) is 6.26 Å². The van der Waals surface area contributed by atoms with Crippen molar-refractivity contribution in [1.29, 1.82) is 0 Å². The molecule has 0 fully saturated rings. The van der Waals surface area contributed by atoms with E-state index in [9.17, 15) is 13.2 Å². The largest absolute Gasteiger partial charge is 0.337 e. The summed E-state index contributed by atoms with van der Waals surface area (Å²) < 4.78 is 24.4. The highest BCUT2D eigenvalue weighted by Crippen LogP contribution is 2.29. The van der Waals surface area contributed by atoms with Gasteiger partial charge in [-0.3, -0.25) is 0 Å². The molecule has 0 atom stereocenters. The fourth-order valence-electron chi connectivity index (χ4n) is 3.12. The van der Waals surface area contributed by atoms with Crippen LogP contribution in [0, 0.1) is 0 Å². The number of hydrogen-bond acceptors (Lipinski definition) is 3. The van der Waals surface area contributed by atoms with Crippen molar-refractivity contribution in [2.45, 2.75) is 6.42 Å². The van der Waals surface area contributed by atoms with Crippen LogP contribution in [0.4, 0.5) is 4.79 Å². The highest BCUT2D eigenvalue weighted by atomic mass is 32.2. The number of urea groups is 1. The Labute approximate surface area is 153 Å². The van der Waals surface area contributed by atoms with Gasteiger partial charge in [-0.05, 0) is 28.3 Å². The van der Waals surface area contributed by atoms with E-state index >= 15 is 0 Å². The molecule has 0 aliphatic carbocycles. The molecular weight excluding hydrogens is 350 g/mol. The van der Waals surface area contributed by atoms with Crippen LogP contribution in [-0.2, 0) is 10.0 Å². The summed E-state index contributed by atoms with van der Waals surface area (Å²) in [7, 11) is -3.23. The maximum atomic E-state index is 12.2. The maximum absolute atomic E-state index is 12.2. The Balaban J connectivity index is 1.60. The quantitative estimate of drug-likeness (QED) is 0.789. The molecular formula is C19H23N3O3S. The van der Waals surface area contributed by atoms with Gasteiger partial charge in [-0.15, -0.1) is 0 Å². The van der Waals surface area contributed by atoms with E-state index in [1.807, 2.05) is 12.1 Å². The van der Waals surface area contributed by atoms with Gasteiger partial charge in [0.25, 0.3) is 0 Å². The smallest absolute Gasteiger partial charge is 0.317 e. The molecule has 0 spiro atoms. The molecule has 0 aromatic heterocycles. The molecule has 2 amide bonds. The Morgan fingerprint density at radius 3 is 2.62 bits per heavy atom. The van der Waals surface area contributed by atoms with Crippen LogP contribution >= 0.6 is 0 Å².